The fraction of sp³-hybridized carbons (Fsp3) is 0.867. The van der Waals surface area contributed by atoms with E-state index >= 15 is 0 Å². The molecule has 0 amide bonds. The Morgan fingerprint density at radius 1 is 1.05 bits per heavy atom. The molecule has 2 aliphatic rings. The molecule has 0 aliphatic heterocycles. The molecule has 6 unspecified atom stereocenters. The number of hydrogen-bond acceptors (Lipinski definition) is 4. The van der Waals surface area contributed by atoms with Gasteiger partial charge in [-0.25, -0.2) is 19.6 Å². The van der Waals surface area contributed by atoms with Gasteiger partial charge in [-0.2, -0.15) is 0 Å². The smallest absolute Gasteiger partial charge is 0.211 e. The van der Waals surface area contributed by atoms with E-state index < -0.39 is 0 Å². The summed E-state index contributed by atoms with van der Waals surface area (Å²) in [6.07, 6.45) is 8.93. The number of nitrogens with zero attached hydrogens (tertiary/aromatic N) is 2. The second-order valence-electron chi connectivity index (χ2n) is 6.09. The third kappa shape index (κ3) is 2.86. The number of carbonyl (C=O) groups excluding carboxylic acids is 2. The first-order valence-corrected chi connectivity index (χ1v) is 7.35. The molecule has 0 aromatic rings. The van der Waals surface area contributed by atoms with E-state index in [-0.39, 0.29) is 12.1 Å². The lowest BCUT2D eigenvalue weighted by atomic mass is 9.75. The molecule has 0 aromatic carbocycles. The highest BCUT2D eigenvalue weighted by Gasteiger charge is 2.49. The molecule has 0 spiro atoms. The van der Waals surface area contributed by atoms with Gasteiger partial charge < -0.3 is 0 Å². The summed E-state index contributed by atoms with van der Waals surface area (Å²) in [6, 6.07) is 0.246. The van der Waals surface area contributed by atoms with Crippen LogP contribution in [0.4, 0.5) is 0 Å². The van der Waals surface area contributed by atoms with Gasteiger partial charge >= 0.3 is 0 Å². The van der Waals surface area contributed by atoms with E-state index in [1.165, 1.54) is 6.42 Å². The lowest BCUT2D eigenvalue weighted by Gasteiger charge is -2.32. The fourth-order valence-electron chi connectivity index (χ4n) is 4.34. The van der Waals surface area contributed by atoms with Gasteiger partial charge in [0.1, 0.15) is 0 Å². The number of aliphatic imine (C=N–C) groups is 2. The maximum atomic E-state index is 10.6. The Labute approximate surface area is 114 Å². The molecule has 0 aromatic heterocycles. The van der Waals surface area contributed by atoms with E-state index in [2.05, 4.69) is 16.9 Å². The van der Waals surface area contributed by atoms with E-state index in [0.29, 0.717) is 23.7 Å². The summed E-state index contributed by atoms with van der Waals surface area (Å²) in [5.41, 5.74) is 0. The average molecular weight is 262 g/mol. The molecule has 0 heterocycles. The molecule has 2 rings (SSSR count). The summed E-state index contributed by atoms with van der Waals surface area (Å²) >= 11 is 0. The fourth-order valence-corrected chi connectivity index (χ4v) is 4.34. The first-order valence-electron chi connectivity index (χ1n) is 7.35. The van der Waals surface area contributed by atoms with E-state index in [9.17, 15) is 9.59 Å². The molecule has 6 atom stereocenters. The van der Waals surface area contributed by atoms with Crippen molar-refractivity contribution in [3.8, 4) is 0 Å². The minimum Gasteiger partial charge on any atom is -0.211 e. The molecular weight excluding hydrogens is 240 g/mol. The second kappa shape index (κ2) is 6.27. The maximum Gasteiger partial charge on any atom is 0.235 e. The van der Waals surface area contributed by atoms with Gasteiger partial charge in [0.15, 0.2) is 0 Å². The standard InChI is InChI=1S/C15H22N2O2/c1-3-4-15(17-9-19)14-7-11-5-12(14)6-13(11)10(2)16-8-18/h10-15H,3-7H2,1-2H3. The van der Waals surface area contributed by atoms with Crippen LogP contribution in [0.15, 0.2) is 9.98 Å². The van der Waals surface area contributed by atoms with Crippen molar-refractivity contribution in [3.05, 3.63) is 0 Å². The van der Waals surface area contributed by atoms with Crippen LogP contribution >= 0.6 is 0 Å². The Bertz CT molecular complexity index is 410. The molecule has 2 fully saturated rings. The highest BCUT2D eigenvalue weighted by atomic mass is 16.1. The van der Waals surface area contributed by atoms with Crippen LogP contribution < -0.4 is 0 Å². The highest BCUT2D eigenvalue weighted by molar-refractivity contribution is 5.34. The quantitative estimate of drug-likeness (QED) is 0.546. The summed E-state index contributed by atoms with van der Waals surface area (Å²) in [4.78, 5) is 28.8. The molecule has 4 nitrogen and oxygen atoms in total. The van der Waals surface area contributed by atoms with Crippen LogP contribution in [0.5, 0.6) is 0 Å². The van der Waals surface area contributed by atoms with Crippen LogP contribution in [0.25, 0.3) is 0 Å². The summed E-state index contributed by atoms with van der Waals surface area (Å²) in [7, 11) is 0. The van der Waals surface area contributed by atoms with Gasteiger partial charge in [0, 0.05) is 0 Å². The largest absolute Gasteiger partial charge is 0.235 e. The van der Waals surface area contributed by atoms with Crippen LogP contribution in [-0.2, 0) is 9.59 Å². The van der Waals surface area contributed by atoms with Gasteiger partial charge in [-0.15, -0.1) is 0 Å². The Kier molecular flexibility index (Phi) is 4.68. The van der Waals surface area contributed by atoms with Crippen molar-refractivity contribution in [1.29, 1.82) is 0 Å². The summed E-state index contributed by atoms with van der Waals surface area (Å²) in [5.74, 6) is 2.34. The predicted molar refractivity (Wildman–Crippen MR) is 72.2 cm³/mol. The molecular formula is C15H22N2O2. The molecule has 0 N–H and O–H groups in total. The van der Waals surface area contributed by atoms with Crippen molar-refractivity contribution in [3.63, 3.8) is 0 Å². The number of hydrogen-bond donors (Lipinski definition) is 0. The average Bonchev–Trinajstić information content (AvgIpc) is 2.98. The van der Waals surface area contributed by atoms with Crippen molar-refractivity contribution in [1.82, 2.24) is 0 Å². The van der Waals surface area contributed by atoms with Gasteiger partial charge in [-0.3, -0.25) is 0 Å². The van der Waals surface area contributed by atoms with Crippen molar-refractivity contribution in [2.24, 2.45) is 33.7 Å². The number of rotatable bonds is 6. The number of isocyanates is 2. The van der Waals surface area contributed by atoms with Crippen LogP contribution in [-0.4, -0.2) is 24.2 Å². The summed E-state index contributed by atoms with van der Waals surface area (Å²) in [6.45, 7) is 4.14. The van der Waals surface area contributed by atoms with Crippen LogP contribution in [0.3, 0.4) is 0 Å². The Balaban J connectivity index is 2.01. The van der Waals surface area contributed by atoms with E-state index in [1.54, 1.807) is 12.2 Å². The summed E-state index contributed by atoms with van der Waals surface area (Å²) in [5, 5.41) is 0. The van der Waals surface area contributed by atoms with Crippen molar-refractivity contribution in [2.45, 2.75) is 58.0 Å². The van der Waals surface area contributed by atoms with Crippen LogP contribution in [0.2, 0.25) is 0 Å². The van der Waals surface area contributed by atoms with E-state index in [0.717, 1.165) is 25.7 Å². The molecule has 0 saturated heterocycles. The second-order valence-corrected chi connectivity index (χ2v) is 6.09. The minimum absolute atomic E-state index is 0.0904. The third-order valence-electron chi connectivity index (χ3n) is 5.14. The van der Waals surface area contributed by atoms with Gasteiger partial charge in [-0.1, -0.05) is 13.3 Å². The monoisotopic (exact) mass is 262 g/mol. The molecule has 104 valence electrons. The van der Waals surface area contributed by atoms with Gasteiger partial charge in [0.05, 0.1) is 12.1 Å². The normalized spacial score (nSPS) is 35.3. The predicted octanol–water partition coefficient (Wildman–Crippen LogP) is 2.88. The van der Waals surface area contributed by atoms with Crippen molar-refractivity contribution in [2.75, 3.05) is 0 Å². The molecule has 19 heavy (non-hydrogen) atoms. The van der Waals surface area contributed by atoms with Crippen LogP contribution in [0, 0.1) is 23.7 Å². The first-order chi connectivity index (χ1) is 9.21. The SMILES string of the molecule is CCCC(N=C=O)C1CC2CC1CC2C(C)N=C=O. The van der Waals surface area contributed by atoms with Crippen molar-refractivity contribution < 1.29 is 9.59 Å². The maximum absolute atomic E-state index is 10.6. The summed E-state index contributed by atoms with van der Waals surface area (Å²) < 4.78 is 0. The zero-order chi connectivity index (χ0) is 13.8. The topological polar surface area (TPSA) is 58.9 Å². The Hall–Kier alpha value is -1.24. The lowest BCUT2D eigenvalue weighted by Crippen LogP contribution is -2.30. The highest BCUT2D eigenvalue weighted by Crippen LogP contribution is 2.55. The third-order valence-corrected chi connectivity index (χ3v) is 5.14. The van der Waals surface area contributed by atoms with Gasteiger partial charge in [0.2, 0.25) is 12.2 Å². The molecule has 2 aliphatic carbocycles. The zero-order valence-corrected chi connectivity index (χ0v) is 11.7. The molecule has 2 saturated carbocycles. The van der Waals surface area contributed by atoms with Crippen molar-refractivity contribution >= 4 is 12.2 Å². The minimum atomic E-state index is 0.0904. The van der Waals surface area contributed by atoms with E-state index in [1.807, 2.05) is 6.92 Å². The molecule has 4 heteroatoms. The van der Waals surface area contributed by atoms with Gasteiger partial charge in [0.25, 0.3) is 0 Å². The number of fused-ring (bicyclic) bond motifs is 2. The Morgan fingerprint density at radius 2 is 1.68 bits per heavy atom. The lowest BCUT2D eigenvalue weighted by molar-refractivity contribution is 0.205. The zero-order valence-electron chi connectivity index (χ0n) is 11.7. The first kappa shape index (κ1) is 14.2. The Morgan fingerprint density at radius 3 is 2.21 bits per heavy atom. The van der Waals surface area contributed by atoms with Crippen LogP contribution in [0.1, 0.15) is 46.0 Å². The molecule has 2 bridgehead atoms. The van der Waals surface area contributed by atoms with Gasteiger partial charge in [-0.05, 0) is 56.3 Å². The van der Waals surface area contributed by atoms with E-state index in [4.69, 9.17) is 0 Å². The molecule has 0 radical (unpaired) electrons.